The summed E-state index contributed by atoms with van der Waals surface area (Å²) >= 11 is 0. The molecule has 2 heterocycles. The van der Waals surface area contributed by atoms with Gasteiger partial charge in [0.25, 0.3) is 0 Å². The molecule has 1 aromatic carbocycles. The fourth-order valence-electron chi connectivity index (χ4n) is 3.59. The quantitative estimate of drug-likeness (QED) is 0.904. The Balaban J connectivity index is 1.71. The molecule has 3 rings (SSSR count). The molecule has 5 nitrogen and oxygen atoms in total. The van der Waals surface area contributed by atoms with Crippen molar-refractivity contribution in [2.75, 3.05) is 37.7 Å². The molecule has 2 saturated heterocycles. The van der Waals surface area contributed by atoms with Gasteiger partial charge in [-0.1, -0.05) is 6.07 Å². The van der Waals surface area contributed by atoms with Gasteiger partial charge in [0.2, 0.25) is 0 Å². The topological polar surface area (TPSA) is 44.8 Å². The first kappa shape index (κ1) is 17.0. The number of ether oxygens (including phenoxy) is 1. The third kappa shape index (κ3) is 3.80. The van der Waals surface area contributed by atoms with Crippen molar-refractivity contribution in [1.29, 1.82) is 0 Å². The Bertz CT molecular complexity index is 591. The Labute approximate surface area is 142 Å². The highest BCUT2D eigenvalue weighted by Gasteiger charge is 2.42. The first-order chi connectivity index (χ1) is 11.5. The van der Waals surface area contributed by atoms with Gasteiger partial charge < -0.3 is 19.9 Å². The Kier molecular flexibility index (Phi) is 4.94. The molecule has 0 aromatic heterocycles. The summed E-state index contributed by atoms with van der Waals surface area (Å²) in [5.41, 5.74) is 0.512. The van der Waals surface area contributed by atoms with Gasteiger partial charge in [0.05, 0.1) is 13.2 Å². The van der Waals surface area contributed by atoms with Crippen molar-refractivity contribution in [3.8, 4) is 0 Å². The molecule has 1 N–H and O–H groups in total. The highest BCUT2D eigenvalue weighted by atomic mass is 19.1. The monoisotopic (exact) mass is 335 g/mol. The van der Waals surface area contributed by atoms with Crippen LogP contribution in [-0.4, -0.2) is 55.4 Å². The Morgan fingerprint density at radius 1 is 1.33 bits per heavy atom. The number of anilines is 1. The molecular formula is C18H26FN3O2. The third-order valence-corrected chi connectivity index (χ3v) is 4.66. The molecule has 2 aliphatic heterocycles. The van der Waals surface area contributed by atoms with Crippen LogP contribution in [0.5, 0.6) is 0 Å². The Morgan fingerprint density at radius 3 is 2.92 bits per heavy atom. The lowest BCUT2D eigenvalue weighted by Crippen LogP contribution is -2.62. The number of rotatable bonds is 2. The van der Waals surface area contributed by atoms with Crippen LogP contribution in [0.25, 0.3) is 0 Å². The average molecular weight is 335 g/mol. The minimum atomic E-state index is -0.364. The predicted molar refractivity (Wildman–Crippen MR) is 91.8 cm³/mol. The van der Waals surface area contributed by atoms with Gasteiger partial charge in [0.15, 0.2) is 0 Å². The van der Waals surface area contributed by atoms with E-state index in [0.29, 0.717) is 26.2 Å². The van der Waals surface area contributed by atoms with E-state index < -0.39 is 0 Å². The molecule has 0 saturated carbocycles. The van der Waals surface area contributed by atoms with Crippen LogP contribution in [0.3, 0.4) is 0 Å². The number of nitrogens with one attached hydrogen (secondary N) is 1. The number of amides is 2. The largest absolute Gasteiger partial charge is 0.369 e. The number of hydrogen-bond donors (Lipinski definition) is 1. The maximum absolute atomic E-state index is 13.5. The number of benzene rings is 1. The molecule has 1 spiro atoms. The molecule has 2 fully saturated rings. The number of nitrogens with zero attached hydrogens (tertiary/aromatic N) is 2. The maximum atomic E-state index is 13.5. The summed E-state index contributed by atoms with van der Waals surface area (Å²) in [4.78, 5) is 16.3. The fraction of sp³-hybridized carbons (Fsp3) is 0.611. The second kappa shape index (κ2) is 6.97. The van der Waals surface area contributed by atoms with Gasteiger partial charge >= 0.3 is 6.03 Å². The second-order valence-corrected chi connectivity index (χ2v) is 7.06. The molecular weight excluding hydrogens is 309 g/mol. The number of carbonyl (C=O) groups excluding carboxylic acids is 1. The van der Waals surface area contributed by atoms with E-state index in [1.54, 1.807) is 12.1 Å². The zero-order chi connectivity index (χ0) is 17.2. The van der Waals surface area contributed by atoms with Gasteiger partial charge in [0, 0.05) is 31.4 Å². The molecule has 6 heteroatoms. The van der Waals surface area contributed by atoms with Crippen LogP contribution in [0.15, 0.2) is 24.3 Å². The van der Waals surface area contributed by atoms with Gasteiger partial charge in [-0.3, -0.25) is 0 Å². The van der Waals surface area contributed by atoms with E-state index in [1.165, 1.54) is 6.07 Å². The van der Waals surface area contributed by atoms with Crippen LogP contribution in [-0.2, 0) is 4.74 Å². The van der Waals surface area contributed by atoms with Crippen molar-refractivity contribution < 1.29 is 13.9 Å². The first-order valence-electron chi connectivity index (χ1n) is 8.67. The predicted octanol–water partition coefficient (Wildman–Crippen LogP) is 2.61. The molecule has 2 amide bonds. The van der Waals surface area contributed by atoms with Crippen LogP contribution in [0, 0.1) is 5.82 Å². The lowest BCUT2D eigenvalue weighted by Gasteiger charge is -2.48. The summed E-state index contributed by atoms with van der Waals surface area (Å²) in [5.74, 6) is -0.227. The minimum Gasteiger partial charge on any atom is -0.369 e. The van der Waals surface area contributed by atoms with E-state index in [9.17, 15) is 9.18 Å². The molecule has 0 bridgehead atoms. The van der Waals surface area contributed by atoms with E-state index in [-0.39, 0.29) is 23.5 Å². The fourth-order valence-corrected chi connectivity index (χ4v) is 3.59. The number of urea groups is 1. The minimum absolute atomic E-state index is 0.0319. The van der Waals surface area contributed by atoms with E-state index in [4.69, 9.17) is 4.74 Å². The number of hydrogen-bond acceptors (Lipinski definition) is 3. The Morgan fingerprint density at radius 2 is 2.17 bits per heavy atom. The molecule has 2 aliphatic rings. The van der Waals surface area contributed by atoms with Crippen molar-refractivity contribution >= 4 is 11.7 Å². The van der Waals surface area contributed by atoms with Gasteiger partial charge in [-0.25, -0.2) is 9.18 Å². The van der Waals surface area contributed by atoms with E-state index in [0.717, 1.165) is 25.1 Å². The number of piperidine rings is 1. The van der Waals surface area contributed by atoms with Crippen molar-refractivity contribution in [2.24, 2.45) is 0 Å². The summed E-state index contributed by atoms with van der Waals surface area (Å²) in [5, 5.41) is 2.95. The van der Waals surface area contributed by atoms with Crippen LogP contribution in [0.2, 0.25) is 0 Å². The number of morpholine rings is 1. The summed E-state index contributed by atoms with van der Waals surface area (Å²) < 4.78 is 19.6. The average Bonchev–Trinajstić information content (AvgIpc) is 2.54. The van der Waals surface area contributed by atoms with Gasteiger partial charge in [-0.15, -0.1) is 0 Å². The van der Waals surface area contributed by atoms with Gasteiger partial charge in [-0.05, 0) is 44.9 Å². The zero-order valence-electron chi connectivity index (χ0n) is 14.4. The number of halogens is 1. The lowest BCUT2D eigenvalue weighted by molar-refractivity contribution is -0.103. The van der Waals surface area contributed by atoms with Crippen LogP contribution < -0.4 is 10.2 Å². The molecule has 0 aliphatic carbocycles. The zero-order valence-corrected chi connectivity index (χ0v) is 14.4. The van der Waals surface area contributed by atoms with Crippen molar-refractivity contribution in [3.05, 3.63) is 30.1 Å². The Hall–Kier alpha value is -1.82. The van der Waals surface area contributed by atoms with E-state index in [1.807, 2.05) is 24.8 Å². The first-order valence-corrected chi connectivity index (χ1v) is 8.67. The number of carbonyl (C=O) groups is 1. The van der Waals surface area contributed by atoms with Crippen LogP contribution in [0.1, 0.15) is 26.7 Å². The third-order valence-electron chi connectivity index (χ3n) is 4.66. The molecule has 0 radical (unpaired) electrons. The van der Waals surface area contributed by atoms with Gasteiger partial charge in [-0.2, -0.15) is 0 Å². The van der Waals surface area contributed by atoms with E-state index >= 15 is 0 Å². The smallest absolute Gasteiger partial charge is 0.317 e. The molecule has 24 heavy (non-hydrogen) atoms. The highest BCUT2D eigenvalue weighted by Crippen LogP contribution is 2.31. The summed E-state index contributed by atoms with van der Waals surface area (Å²) in [7, 11) is 0. The molecule has 1 aromatic rings. The normalized spacial score (nSPS) is 24.5. The summed E-state index contributed by atoms with van der Waals surface area (Å²) in [6.45, 7) is 7.22. The van der Waals surface area contributed by atoms with Crippen LogP contribution in [0.4, 0.5) is 14.9 Å². The summed E-state index contributed by atoms with van der Waals surface area (Å²) in [6.07, 6.45) is 1.89. The van der Waals surface area contributed by atoms with E-state index in [2.05, 4.69) is 10.2 Å². The highest BCUT2D eigenvalue weighted by molar-refractivity contribution is 5.74. The van der Waals surface area contributed by atoms with Crippen molar-refractivity contribution in [2.45, 2.75) is 38.3 Å². The molecule has 0 unspecified atom stereocenters. The van der Waals surface area contributed by atoms with Crippen molar-refractivity contribution in [1.82, 2.24) is 10.2 Å². The molecule has 132 valence electrons. The second-order valence-electron chi connectivity index (χ2n) is 7.06. The van der Waals surface area contributed by atoms with Gasteiger partial charge in [0.1, 0.15) is 11.4 Å². The SMILES string of the molecule is CC(C)NC(=O)N1CCO[C@]2(CCCN(c3cccc(F)c3)C2)C1. The standard InChI is InChI=1S/C18H26FN3O2/c1-14(2)20-17(23)22-9-10-24-18(13-22)7-4-8-21(12-18)16-6-3-5-15(19)11-16/h3,5-6,11,14H,4,7-10,12-13H2,1-2H3,(H,20,23)/t18-/m0/s1. The van der Waals surface area contributed by atoms with Crippen LogP contribution >= 0.6 is 0 Å². The lowest BCUT2D eigenvalue weighted by atomic mass is 9.90. The van der Waals surface area contributed by atoms with Crippen molar-refractivity contribution in [3.63, 3.8) is 0 Å². The molecule has 1 atom stereocenters. The summed E-state index contributed by atoms with van der Waals surface area (Å²) in [6, 6.07) is 6.76. The maximum Gasteiger partial charge on any atom is 0.317 e.